The summed E-state index contributed by atoms with van der Waals surface area (Å²) in [5, 5.41) is 2.96. The molecule has 0 unspecified atom stereocenters. The summed E-state index contributed by atoms with van der Waals surface area (Å²) in [6.07, 6.45) is 2.42. The molecule has 6 nitrogen and oxygen atoms in total. The van der Waals surface area contributed by atoms with E-state index >= 15 is 0 Å². The van der Waals surface area contributed by atoms with Crippen LogP contribution >= 0.6 is 0 Å². The molecule has 6 heteroatoms. The molecular formula is C25H34N2O4. The molecule has 0 heterocycles. The number of nitrogens with one attached hydrogen (secondary N) is 1. The fourth-order valence-electron chi connectivity index (χ4n) is 3.28. The first-order valence-electron chi connectivity index (χ1n) is 10.9. The van der Waals surface area contributed by atoms with E-state index in [0.29, 0.717) is 31.0 Å². The molecule has 0 bridgehead atoms. The van der Waals surface area contributed by atoms with Crippen LogP contribution in [0.15, 0.2) is 48.5 Å². The van der Waals surface area contributed by atoms with Gasteiger partial charge >= 0.3 is 0 Å². The van der Waals surface area contributed by atoms with Crippen LogP contribution in [0.5, 0.6) is 11.5 Å². The highest BCUT2D eigenvalue weighted by Gasteiger charge is 2.29. The molecule has 0 fully saturated rings. The van der Waals surface area contributed by atoms with Gasteiger partial charge in [0.2, 0.25) is 5.91 Å². The smallest absolute Gasteiger partial charge is 0.261 e. The predicted octanol–water partition coefficient (Wildman–Crippen LogP) is 4.11. The van der Waals surface area contributed by atoms with E-state index in [0.717, 1.165) is 24.0 Å². The molecule has 0 radical (unpaired) electrons. The van der Waals surface area contributed by atoms with Gasteiger partial charge in [-0.25, -0.2) is 0 Å². The first-order chi connectivity index (χ1) is 15.0. The fourth-order valence-corrected chi connectivity index (χ4v) is 3.28. The third-order valence-electron chi connectivity index (χ3n) is 5.11. The van der Waals surface area contributed by atoms with Crippen LogP contribution in [0.25, 0.3) is 0 Å². The molecule has 1 atom stereocenters. The molecule has 0 saturated carbocycles. The van der Waals surface area contributed by atoms with E-state index in [1.54, 1.807) is 24.1 Å². The van der Waals surface area contributed by atoms with Crippen molar-refractivity contribution in [2.45, 2.75) is 52.6 Å². The average molecular weight is 427 g/mol. The van der Waals surface area contributed by atoms with Crippen LogP contribution in [-0.4, -0.2) is 43.0 Å². The van der Waals surface area contributed by atoms with Crippen molar-refractivity contribution in [2.24, 2.45) is 0 Å². The maximum atomic E-state index is 13.2. The third-order valence-corrected chi connectivity index (χ3v) is 5.11. The lowest BCUT2D eigenvalue weighted by Crippen LogP contribution is -2.50. The molecule has 2 aromatic carbocycles. The number of unbranched alkanes of at least 4 members (excludes halogenated alkanes) is 1. The number of nitrogens with zero attached hydrogens (tertiary/aromatic N) is 1. The number of aryl methyl sites for hydroxylation is 1. The first-order valence-corrected chi connectivity index (χ1v) is 10.9. The second-order valence-electron chi connectivity index (χ2n) is 7.52. The molecule has 0 aliphatic rings. The number of rotatable bonds is 12. The number of para-hydroxylation sites is 2. The summed E-state index contributed by atoms with van der Waals surface area (Å²) >= 11 is 0. The minimum atomic E-state index is -0.563. The number of amides is 2. The molecule has 0 saturated heterocycles. The Morgan fingerprint density at radius 1 is 1.03 bits per heavy atom. The first kappa shape index (κ1) is 24.3. The second kappa shape index (κ2) is 12.6. The van der Waals surface area contributed by atoms with Crippen LogP contribution in [0, 0.1) is 6.92 Å². The number of hydrogen-bond acceptors (Lipinski definition) is 4. The molecule has 0 aliphatic heterocycles. The van der Waals surface area contributed by atoms with E-state index in [1.807, 2.05) is 50.2 Å². The Morgan fingerprint density at radius 2 is 1.71 bits per heavy atom. The summed E-state index contributed by atoms with van der Waals surface area (Å²) in [6.45, 7) is 6.78. The van der Waals surface area contributed by atoms with Crippen LogP contribution in [-0.2, 0) is 16.1 Å². The number of ether oxygens (including phenoxy) is 2. The number of carbonyl (C=O) groups is 2. The van der Waals surface area contributed by atoms with E-state index in [9.17, 15) is 9.59 Å². The minimum absolute atomic E-state index is 0.131. The molecule has 2 aromatic rings. The van der Waals surface area contributed by atoms with Crippen molar-refractivity contribution in [2.75, 3.05) is 20.3 Å². The van der Waals surface area contributed by atoms with Gasteiger partial charge in [0.05, 0.1) is 7.11 Å². The normalized spacial score (nSPS) is 11.5. The predicted molar refractivity (Wildman–Crippen MR) is 122 cm³/mol. The zero-order valence-corrected chi connectivity index (χ0v) is 19.0. The number of benzene rings is 2. The van der Waals surface area contributed by atoms with Crippen LogP contribution in [0.1, 0.15) is 44.2 Å². The minimum Gasteiger partial charge on any atom is -0.493 e. The Kier molecular flexibility index (Phi) is 9.88. The quantitative estimate of drug-likeness (QED) is 0.519. The summed E-state index contributed by atoms with van der Waals surface area (Å²) < 4.78 is 11.0. The van der Waals surface area contributed by atoms with E-state index in [4.69, 9.17) is 9.47 Å². The Hall–Kier alpha value is -3.02. The van der Waals surface area contributed by atoms with E-state index in [2.05, 4.69) is 12.2 Å². The lowest BCUT2D eigenvalue weighted by molar-refractivity contribution is -0.143. The molecule has 1 N–H and O–H groups in total. The van der Waals surface area contributed by atoms with Crippen molar-refractivity contribution in [3.05, 3.63) is 59.7 Å². The SMILES string of the molecule is CCCCNC(=O)[C@@H](CC)N(Cc1ccc(C)cc1)C(=O)COc1ccccc1OC. The van der Waals surface area contributed by atoms with E-state index in [1.165, 1.54) is 0 Å². The van der Waals surface area contributed by atoms with Gasteiger partial charge in [-0.1, -0.05) is 62.2 Å². The average Bonchev–Trinajstić information content (AvgIpc) is 2.79. The molecule has 168 valence electrons. The maximum absolute atomic E-state index is 13.2. The summed E-state index contributed by atoms with van der Waals surface area (Å²) in [6, 6.07) is 14.6. The largest absolute Gasteiger partial charge is 0.493 e. The third kappa shape index (κ3) is 7.31. The van der Waals surface area contributed by atoms with Crippen molar-refractivity contribution in [3.8, 4) is 11.5 Å². The standard InChI is InChI=1S/C25H34N2O4/c1-5-7-16-26-25(29)21(6-2)27(17-20-14-12-19(3)13-15-20)24(28)18-31-23-11-9-8-10-22(23)30-4/h8-15,21H,5-7,16-18H2,1-4H3,(H,26,29)/t21-/m1/s1. The lowest BCUT2D eigenvalue weighted by atomic mass is 10.1. The summed E-state index contributed by atoms with van der Waals surface area (Å²) in [4.78, 5) is 27.7. The Balaban J connectivity index is 2.19. The molecule has 0 aliphatic carbocycles. The van der Waals surface area contributed by atoms with Crippen molar-refractivity contribution in [1.29, 1.82) is 0 Å². The van der Waals surface area contributed by atoms with Crippen molar-refractivity contribution in [3.63, 3.8) is 0 Å². The van der Waals surface area contributed by atoms with Gasteiger partial charge in [0, 0.05) is 13.1 Å². The van der Waals surface area contributed by atoms with Gasteiger partial charge in [-0.3, -0.25) is 9.59 Å². The summed E-state index contributed by atoms with van der Waals surface area (Å²) in [5.74, 6) is 0.677. The summed E-state index contributed by atoms with van der Waals surface area (Å²) in [5.41, 5.74) is 2.11. The molecule has 2 rings (SSSR count). The fraction of sp³-hybridized carbons (Fsp3) is 0.440. The second-order valence-corrected chi connectivity index (χ2v) is 7.52. The van der Waals surface area contributed by atoms with Gasteiger partial charge in [-0.15, -0.1) is 0 Å². The highest BCUT2D eigenvalue weighted by molar-refractivity contribution is 5.88. The topological polar surface area (TPSA) is 67.9 Å². The Morgan fingerprint density at radius 3 is 2.32 bits per heavy atom. The highest BCUT2D eigenvalue weighted by Crippen LogP contribution is 2.26. The Bertz CT molecular complexity index is 836. The van der Waals surface area contributed by atoms with Crippen molar-refractivity contribution in [1.82, 2.24) is 10.2 Å². The van der Waals surface area contributed by atoms with Crippen molar-refractivity contribution < 1.29 is 19.1 Å². The maximum Gasteiger partial charge on any atom is 0.261 e. The van der Waals surface area contributed by atoms with Gasteiger partial charge in [0.15, 0.2) is 18.1 Å². The number of carbonyl (C=O) groups excluding carboxylic acids is 2. The molecular weight excluding hydrogens is 392 g/mol. The van der Waals surface area contributed by atoms with Gasteiger partial charge < -0.3 is 19.7 Å². The van der Waals surface area contributed by atoms with Gasteiger partial charge in [0.1, 0.15) is 6.04 Å². The van der Waals surface area contributed by atoms with E-state index < -0.39 is 6.04 Å². The van der Waals surface area contributed by atoms with Crippen LogP contribution in [0.4, 0.5) is 0 Å². The molecule has 0 spiro atoms. The molecule has 2 amide bonds. The van der Waals surface area contributed by atoms with Crippen LogP contribution in [0.3, 0.4) is 0 Å². The molecule has 0 aromatic heterocycles. The Labute approximate surface area is 185 Å². The zero-order chi connectivity index (χ0) is 22.6. The zero-order valence-electron chi connectivity index (χ0n) is 19.0. The van der Waals surface area contributed by atoms with Crippen molar-refractivity contribution >= 4 is 11.8 Å². The summed E-state index contributed by atoms with van der Waals surface area (Å²) in [7, 11) is 1.56. The van der Waals surface area contributed by atoms with Gasteiger partial charge in [-0.05, 0) is 37.5 Å². The van der Waals surface area contributed by atoms with E-state index in [-0.39, 0.29) is 18.4 Å². The number of hydrogen-bond donors (Lipinski definition) is 1. The lowest BCUT2D eigenvalue weighted by Gasteiger charge is -2.30. The van der Waals surface area contributed by atoms with Crippen LogP contribution in [0.2, 0.25) is 0 Å². The number of methoxy groups -OCH3 is 1. The van der Waals surface area contributed by atoms with Crippen LogP contribution < -0.4 is 14.8 Å². The van der Waals surface area contributed by atoms with Gasteiger partial charge in [-0.2, -0.15) is 0 Å². The monoisotopic (exact) mass is 426 g/mol. The molecule has 31 heavy (non-hydrogen) atoms. The van der Waals surface area contributed by atoms with Gasteiger partial charge in [0.25, 0.3) is 5.91 Å². The highest BCUT2D eigenvalue weighted by atomic mass is 16.5.